The van der Waals surface area contributed by atoms with Gasteiger partial charge in [0.05, 0.1) is 12.5 Å². The van der Waals surface area contributed by atoms with Gasteiger partial charge in [0.15, 0.2) is 0 Å². The maximum atomic E-state index is 12.5. The molecule has 1 aromatic rings. The van der Waals surface area contributed by atoms with Gasteiger partial charge in [-0.2, -0.15) is 0 Å². The minimum Gasteiger partial charge on any atom is -0.337 e. The molecule has 0 bridgehead atoms. The van der Waals surface area contributed by atoms with E-state index in [-0.39, 0.29) is 5.91 Å². The van der Waals surface area contributed by atoms with Crippen molar-refractivity contribution in [2.45, 2.75) is 40.0 Å². The van der Waals surface area contributed by atoms with E-state index in [1.807, 2.05) is 11.9 Å². The van der Waals surface area contributed by atoms with E-state index in [9.17, 15) is 4.79 Å². The number of nitrogens with zero attached hydrogens (tertiary/aromatic N) is 3. The van der Waals surface area contributed by atoms with Gasteiger partial charge in [0.25, 0.3) is 5.91 Å². The summed E-state index contributed by atoms with van der Waals surface area (Å²) in [6.07, 6.45) is 6.77. The fourth-order valence-electron chi connectivity index (χ4n) is 2.89. The number of amides is 1. The number of rotatable bonds is 1. The van der Waals surface area contributed by atoms with Crippen LogP contribution in [0.25, 0.3) is 0 Å². The third kappa shape index (κ3) is 3.17. The van der Waals surface area contributed by atoms with Crippen LogP contribution in [0.2, 0.25) is 0 Å². The molecular weight excluding hydrogens is 238 g/mol. The van der Waals surface area contributed by atoms with Crippen LogP contribution >= 0.6 is 0 Å². The molecule has 1 aliphatic rings. The molecule has 0 spiro atoms. The monoisotopic (exact) mass is 263 g/mol. The van der Waals surface area contributed by atoms with Gasteiger partial charge in [0, 0.05) is 20.1 Å². The van der Waals surface area contributed by atoms with E-state index in [2.05, 4.69) is 25.8 Å². The molecule has 4 nitrogen and oxygen atoms in total. The van der Waals surface area contributed by atoms with Gasteiger partial charge in [-0.05, 0) is 30.6 Å². The molecule has 1 saturated heterocycles. The van der Waals surface area contributed by atoms with Gasteiger partial charge in [-0.25, -0.2) is 4.98 Å². The summed E-state index contributed by atoms with van der Waals surface area (Å²) in [4.78, 5) is 18.5. The standard InChI is InChI=1S/C15H25N3O/c1-15(2,3)12-6-5-8-18(9-7-12)14(19)13-10-16-11-17(13)4/h10-12H,5-9H2,1-4H3/t12-/m1/s1. The summed E-state index contributed by atoms with van der Waals surface area (Å²) in [5.74, 6) is 0.825. The van der Waals surface area contributed by atoms with E-state index >= 15 is 0 Å². The molecule has 1 atom stereocenters. The molecule has 2 rings (SSSR count). The zero-order valence-corrected chi connectivity index (χ0v) is 12.5. The lowest BCUT2D eigenvalue weighted by Gasteiger charge is -2.29. The molecule has 0 radical (unpaired) electrons. The number of imidazole rings is 1. The third-order valence-electron chi connectivity index (χ3n) is 4.28. The minimum atomic E-state index is 0.120. The van der Waals surface area contributed by atoms with Gasteiger partial charge in [-0.15, -0.1) is 0 Å². The first kappa shape index (κ1) is 14.1. The fraction of sp³-hybridized carbons (Fsp3) is 0.733. The van der Waals surface area contributed by atoms with E-state index in [1.54, 1.807) is 17.1 Å². The van der Waals surface area contributed by atoms with Crippen LogP contribution in [-0.4, -0.2) is 33.4 Å². The lowest BCUT2D eigenvalue weighted by atomic mass is 9.77. The highest BCUT2D eigenvalue weighted by atomic mass is 16.2. The smallest absolute Gasteiger partial charge is 0.272 e. The Morgan fingerprint density at radius 3 is 2.63 bits per heavy atom. The van der Waals surface area contributed by atoms with Crippen molar-refractivity contribution < 1.29 is 4.79 Å². The van der Waals surface area contributed by atoms with Crippen LogP contribution in [0.1, 0.15) is 50.5 Å². The van der Waals surface area contributed by atoms with Crippen molar-refractivity contribution >= 4 is 5.91 Å². The van der Waals surface area contributed by atoms with Crippen molar-refractivity contribution in [3.63, 3.8) is 0 Å². The molecule has 1 aromatic heterocycles. The van der Waals surface area contributed by atoms with Crippen LogP contribution < -0.4 is 0 Å². The molecule has 19 heavy (non-hydrogen) atoms. The van der Waals surface area contributed by atoms with Crippen molar-refractivity contribution in [2.24, 2.45) is 18.4 Å². The molecule has 1 amide bonds. The molecular formula is C15H25N3O. The molecule has 0 aliphatic carbocycles. The van der Waals surface area contributed by atoms with Crippen LogP contribution in [0.3, 0.4) is 0 Å². The van der Waals surface area contributed by atoms with E-state index < -0.39 is 0 Å². The van der Waals surface area contributed by atoms with Gasteiger partial charge in [-0.3, -0.25) is 4.79 Å². The highest BCUT2D eigenvalue weighted by molar-refractivity contribution is 5.92. The van der Waals surface area contributed by atoms with Gasteiger partial charge in [0.1, 0.15) is 5.69 Å². The first-order valence-corrected chi connectivity index (χ1v) is 7.15. The molecule has 4 heteroatoms. The number of carbonyl (C=O) groups excluding carboxylic acids is 1. The number of aryl methyl sites for hydroxylation is 1. The number of aromatic nitrogens is 2. The van der Waals surface area contributed by atoms with Gasteiger partial charge < -0.3 is 9.47 Å². The molecule has 0 aromatic carbocycles. The molecule has 2 heterocycles. The molecule has 0 N–H and O–H groups in total. The normalized spacial score (nSPS) is 21.3. The average molecular weight is 263 g/mol. The molecule has 0 saturated carbocycles. The number of carbonyl (C=O) groups is 1. The Morgan fingerprint density at radius 1 is 1.32 bits per heavy atom. The highest BCUT2D eigenvalue weighted by Crippen LogP contribution is 2.34. The number of hydrogen-bond acceptors (Lipinski definition) is 2. The minimum absolute atomic E-state index is 0.120. The number of likely N-dealkylation sites (tertiary alicyclic amines) is 1. The lowest BCUT2D eigenvalue weighted by Crippen LogP contribution is -2.33. The van der Waals surface area contributed by atoms with Crippen LogP contribution in [0.15, 0.2) is 12.5 Å². The summed E-state index contributed by atoms with van der Waals surface area (Å²) in [5.41, 5.74) is 1.03. The van der Waals surface area contributed by atoms with Crippen LogP contribution in [-0.2, 0) is 7.05 Å². The van der Waals surface area contributed by atoms with Crippen molar-refractivity contribution in [3.05, 3.63) is 18.2 Å². The van der Waals surface area contributed by atoms with E-state index in [0.717, 1.165) is 25.9 Å². The number of hydrogen-bond donors (Lipinski definition) is 0. The Morgan fingerprint density at radius 2 is 2.05 bits per heavy atom. The molecule has 106 valence electrons. The maximum absolute atomic E-state index is 12.5. The molecule has 1 fully saturated rings. The second-order valence-corrected chi connectivity index (χ2v) is 6.68. The van der Waals surface area contributed by atoms with Crippen molar-refractivity contribution in [1.82, 2.24) is 14.5 Å². The SMILES string of the molecule is Cn1cncc1C(=O)N1CCC[C@@H](C(C)(C)C)CC1. The topological polar surface area (TPSA) is 38.1 Å². The Labute approximate surface area is 115 Å². The zero-order chi connectivity index (χ0) is 14.0. The largest absolute Gasteiger partial charge is 0.337 e. The summed E-state index contributed by atoms with van der Waals surface area (Å²) < 4.78 is 1.80. The van der Waals surface area contributed by atoms with Gasteiger partial charge in [-0.1, -0.05) is 20.8 Å². The van der Waals surface area contributed by atoms with E-state index in [4.69, 9.17) is 0 Å². The van der Waals surface area contributed by atoms with Crippen molar-refractivity contribution in [2.75, 3.05) is 13.1 Å². The highest BCUT2D eigenvalue weighted by Gasteiger charge is 2.29. The summed E-state index contributed by atoms with van der Waals surface area (Å²) in [5, 5.41) is 0. The summed E-state index contributed by atoms with van der Waals surface area (Å²) in [6.45, 7) is 8.64. The quantitative estimate of drug-likeness (QED) is 0.781. The van der Waals surface area contributed by atoms with E-state index in [0.29, 0.717) is 17.0 Å². The lowest BCUT2D eigenvalue weighted by molar-refractivity contribution is 0.0746. The first-order chi connectivity index (χ1) is 8.89. The zero-order valence-electron chi connectivity index (χ0n) is 12.5. The predicted octanol–water partition coefficient (Wildman–Crippen LogP) is 2.71. The summed E-state index contributed by atoms with van der Waals surface area (Å²) in [6, 6.07) is 0. The Hall–Kier alpha value is -1.32. The van der Waals surface area contributed by atoms with Gasteiger partial charge in [0.2, 0.25) is 0 Å². The second-order valence-electron chi connectivity index (χ2n) is 6.68. The van der Waals surface area contributed by atoms with E-state index in [1.165, 1.54) is 6.42 Å². The van der Waals surface area contributed by atoms with Crippen molar-refractivity contribution in [1.29, 1.82) is 0 Å². The Kier molecular flexibility index (Phi) is 3.97. The Balaban J connectivity index is 2.04. The predicted molar refractivity (Wildman–Crippen MR) is 75.9 cm³/mol. The molecule has 1 aliphatic heterocycles. The average Bonchev–Trinajstić information content (AvgIpc) is 2.62. The second kappa shape index (κ2) is 5.35. The summed E-state index contributed by atoms with van der Waals surface area (Å²) >= 11 is 0. The molecule has 0 unspecified atom stereocenters. The van der Waals surface area contributed by atoms with Crippen LogP contribution in [0.4, 0.5) is 0 Å². The first-order valence-electron chi connectivity index (χ1n) is 7.15. The Bertz CT molecular complexity index is 444. The van der Waals surface area contributed by atoms with Crippen LogP contribution in [0.5, 0.6) is 0 Å². The van der Waals surface area contributed by atoms with Crippen molar-refractivity contribution in [3.8, 4) is 0 Å². The van der Waals surface area contributed by atoms with Gasteiger partial charge >= 0.3 is 0 Å². The summed E-state index contributed by atoms with van der Waals surface area (Å²) in [7, 11) is 1.87. The fourth-order valence-corrected chi connectivity index (χ4v) is 2.89. The maximum Gasteiger partial charge on any atom is 0.272 e. The third-order valence-corrected chi connectivity index (χ3v) is 4.28. The van der Waals surface area contributed by atoms with Crippen LogP contribution in [0, 0.1) is 11.3 Å².